The Balaban J connectivity index is 2.36. The molecule has 1 aliphatic carbocycles. The molecule has 0 aromatic heterocycles. The smallest absolute Gasteiger partial charge is 0.310 e. The van der Waals surface area contributed by atoms with Crippen LogP contribution in [0.2, 0.25) is 0 Å². The molecule has 0 amide bonds. The molecule has 0 heterocycles. The molecular weight excluding hydrogens is 188 g/mol. The number of allylic oxidation sites excluding steroid dienone is 1. The zero-order valence-electron chi connectivity index (χ0n) is 8.73. The molecule has 0 fully saturated rings. The third-order valence-electron chi connectivity index (χ3n) is 2.91. The van der Waals surface area contributed by atoms with Crippen molar-refractivity contribution < 1.29 is 9.90 Å². The first kappa shape index (κ1) is 9.97. The zero-order chi connectivity index (χ0) is 10.8. The largest absolute Gasteiger partial charge is 0.481 e. The lowest BCUT2D eigenvalue weighted by Gasteiger charge is -2.11. The van der Waals surface area contributed by atoms with Crippen LogP contribution in [0.1, 0.15) is 36.0 Å². The number of benzene rings is 1. The summed E-state index contributed by atoms with van der Waals surface area (Å²) in [5, 5.41) is 9.06. The fraction of sp³-hybridized carbons (Fsp3) is 0.308. The monoisotopic (exact) mass is 202 g/mol. The number of fused-ring (bicyclic) bond motifs is 1. The highest BCUT2D eigenvalue weighted by Crippen LogP contribution is 2.26. The number of rotatable bonds is 3. The van der Waals surface area contributed by atoms with Crippen LogP contribution in [0.4, 0.5) is 0 Å². The van der Waals surface area contributed by atoms with Gasteiger partial charge in [0.2, 0.25) is 0 Å². The van der Waals surface area contributed by atoms with E-state index in [-0.39, 0.29) is 5.92 Å². The van der Waals surface area contributed by atoms with Gasteiger partial charge in [0.05, 0.1) is 5.92 Å². The molecule has 0 saturated heterocycles. The molecular formula is C13H14O2. The van der Waals surface area contributed by atoms with Gasteiger partial charge in [-0.3, -0.25) is 4.79 Å². The summed E-state index contributed by atoms with van der Waals surface area (Å²) in [5.74, 6) is -1.11. The third-order valence-corrected chi connectivity index (χ3v) is 2.91. The Hall–Kier alpha value is -1.57. The second-order valence-corrected chi connectivity index (χ2v) is 3.86. The van der Waals surface area contributed by atoms with E-state index < -0.39 is 5.97 Å². The van der Waals surface area contributed by atoms with E-state index in [1.807, 2.05) is 25.1 Å². The highest BCUT2D eigenvalue weighted by atomic mass is 16.4. The lowest BCUT2D eigenvalue weighted by molar-refractivity contribution is -0.138. The molecule has 2 nitrogen and oxygen atoms in total. The summed E-state index contributed by atoms with van der Waals surface area (Å²) >= 11 is 0. The molecule has 0 bridgehead atoms. The first-order valence-electron chi connectivity index (χ1n) is 5.24. The van der Waals surface area contributed by atoms with Gasteiger partial charge < -0.3 is 5.11 Å². The second-order valence-electron chi connectivity index (χ2n) is 3.86. The Bertz CT molecular complexity index is 419. The van der Waals surface area contributed by atoms with E-state index in [2.05, 4.69) is 12.2 Å². The number of hydrogen-bond acceptors (Lipinski definition) is 1. The molecule has 78 valence electrons. The zero-order valence-corrected chi connectivity index (χ0v) is 8.73. The summed E-state index contributed by atoms with van der Waals surface area (Å²) in [7, 11) is 0. The normalized spacial score (nSPS) is 15.0. The van der Waals surface area contributed by atoms with Gasteiger partial charge >= 0.3 is 5.97 Å². The van der Waals surface area contributed by atoms with Gasteiger partial charge in [0.25, 0.3) is 0 Å². The van der Waals surface area contributed by atoms with Crippen molar-refractivity contribution in [3.8, 4) is 0 Å². The van der Waals surface area contributed by atoms with Crippen molar-refractivity contribution in [3.63, 3.8) is 0 Å². The molecule has 0 radical (unpaired) electrons. The molecule has 0 saturated carbocycles. The van der Waals surface area contributed by atoms with Crippen molar-refractivity contribution in [3.05, 3.63) is 41.0 Å². The Kier molecular flexibility index (Phi) is 2.58. The quantitative estimate of drug-likeness (QED) is 0.818. The molecule has 2 heteroatoms. The molecule has 1 aromatic rings. The van der Waals surface area contributed by atoms with Gasteiger partial charge in [-0.25, -0.2) is 0 Å². The summed E-state index contributed by atoms with van der Waals surface area (Å²) in [6, 6.07) is 5.98. The van der Waals surface area contributed by atoms with E-state index in [1.165, 1.54) is 11.1 Å². The van der Waals surface area contributed by atoms with Crippen LogP contribution in [0.5, 0.6) is 0 Å². The summed E-state index contributed by atoms with van der Waals surface area (Å²) in [6.07, 6.45) is 5.78. The van der Waals surface area contributed by atoms with Crippen molar-refractivity contribution in [2.24, 2.45) is 0 Å². The number of hydrogen-bond donors (Lipinski definition) is 1. The van der Waals surface area contributed by atoms with Crippen LogP contribution in [-0.4, -0.2) is 11.1 Å². The third kappa shape index (κ3) is 1.80. The number of carboxylic acid groups (broad SMARTS) is 1. The lowest BCUT2D eigenvalue weighted by Crippen LogP contribution is -2.10. The standard InChI is InChI=1S/C13H14O2/c1-2-12(13(14)15)11-7-6-9-4-3-5-10(9)8-11/h3,5-8,12H,2,4H2,1H3,(H,14,15). The molecule has 0 aliphatic heterocycles. The minimum absolute atomic E-state index is 0.371. The van der Waals surface area contributed by atoms with Crippen LogP contribution in [0.15, 0.2) is 24.3 Å². The molecule has 1 unspecified atom stereocenters. The van der Waals surface area contributed by atoms with E-state index >= 15 is 0 Å². The Morgan fingerprint density at radius 2 is 2.33 bits per heavy atom. The van der Waals surface area contributed by atoms with Gasteiger partial charge in [0.1, 0.15) is 0 Å². The van der Waals surface area contributed by atoms with Crippen molar-refractivity contribution in [2.45, 2.75) is 25.7 Å². The first-order valence-corrected chi connectivity index (χ1v) is 5.24. The van der Waals surface area contributed by atoms with Crippen LogP contribution in [0.25, 0.3) is 6.08 Å². The predicted octanol–water partition coefficient (Wildman–Crippen LogP) is 2.83. The van der Waals surface area contributed by atoms with Crippen molar-refractivity contribution >= 4 is 12.0 Å². The van der Waals surface area contributed by atoms with E-state index in [0.29, 0.717) is 6.42 Å². The molecule has 2 rings (SSSR count). The maximum absolute atomic E-state index is 11.0. The van der Waals surface area contributed by atoms with Crippen LogP contribution in [-0.2, 0) is 11.2 Å². The van der Waals surface area contributed by atoms with Crippen LogP contribution in [0.3, 0.4) is 0 Å². The molecule has 0 spiro atoms. The molecule has 1 aromatic carbocycles. The highest BCUT2D eigenvalue weighted by Gasteiger charge is 2.18. The Labute approximate surface area is 89.2 Å². The van der Waals surface area contributed by atoms with Gasteiger partial charge in [-0.2, -0.15) is 0 Å². The van der Waals surface area contributed by atoms with E-state index in [4.69, 9.17) is 5.11 Å². The average Bonchev–Trinajstić information content (AvgIpc) is 2.65. The number of carboxylic acids is 1. The lowest BCUT2D eigenvalue weighted by atomic mass is 9.94. The average molecular weight is 202 g/mol. The maximum atomic E-state index is 11.0. The number of aliphatic carboxylic acids is 1. The molecule has 1 N–H and O–H groups in total. The van der Waals surface area contributed by atoms with Gasteiger partial charge in [0.15, 0.2) is 0 Å². The summed E-state index contributed by atoms with van der Waals surface area (Å²) in [4.78, 5) is 11.0. The van der Waals surface area contributed by atoms with Crippen LogP contribution >= 0.6 is 0 Å². The Morgan fingerprint density at radius 3 is 3.00 bits per heavy atom. The van der Waals surface area contributed by atoms with Crippen LogP contribution < -0.4 is 0 Å². The van der Waals surface area contributed by atoms with Gasteiger partial charge in [-0.1, -0.05) is 37.3 Å². The predicted molar refractivity (Wildman–Crippen MR) is 59.8 cm³/mol. The van der Waals surface area contributed by atoms with Gasteiger partial charge in [-0.15, -0.1) is 0 Å². The van der Waals surface area contributed by atoms with Crippen LogP contribution in [0, 0.1) is 0 Å². The van der Waals surface area contributed by atoms with Gasteiger partial charge in [-0.05, 0) is 29.5 Å². The van der Waals surface area contributed by atoms with Crippen molar-refractivity contribution in [1.29, 1.82) is 0 Å². The summed E-state index contributed by atoms with van der Waals surface area (Å²) in [6.45, 7) is 1.90. The second kappa shape index (κ2) is 3.89. The van der Waals surface area contributed by atoms with Gasteiger partial charge in [0, 0.05) is 0 Å². The molecule has 1 atom stereocenters. The first-order chi connectivity index (χ1) is 7.22. The fourth-order valence-electron chi connectivity index (χ4n) is 2.04. The fourth-order valence-corrected chi connectivity index (χ4v) is 2.04. The molecule has 1 aliphatic rings. The van der Waals surface area contributed by atoms with E-state index in [0.717, 1.165) is 12.0 Å². The SMILES string of the molecule is CCC(C(=O)O)c1ccc2c(c1)C=CC2. The van der Waals surface area contributed by atoms with E-state index in [9.17, 15) is 4.79 Å². The molecule has 15 heavy (non-hydrogen) atoms. The maximum Gasteiger partial charge on any atom is 0.310 e. The minimum Gasteiger partial charge on any atom is -0.481 e. The van der Waals surface area contributed by atoms with Crippen molar-refractivity contribution in [2.75, 3.05) is 0 Å². The number of carbonyl (C=O) groups is 1. The summed E-state index contributed by atoms with van der Waals surface area (Å²) < 4.78 is 0. The topological polar surface area (TPSA) is 37.3 Å². The highest BCUT2D eigenvalue weighted by molar-refractivity contribution is 5.76. The van der Waals surface area contributed by atoms with E-state index in [1.54, 1.807) is 0 Å². The van der Waals surface area contributed by atoms with Crippen molar-refractivity contribution in [1.82, 2.24) is 0 Å². The Morgan fingerprint density at radius 1 is 1.53 bits per heavy atom. The minimum atomic E-state index is -0.737. The summed E-state index contributed by atoms with van der Waals surface area (Å²) in [5.41, 5.74) is 3.38.